The van der Waals surface area contributed by atoms with Gasteiger partial charge in [-0.2, -0.15) is 0 Å². The Morgan fingerprint density at radius 2 is 1.61 bits per heavy atom. The Morgan fingerprint density at radius 1 is 0.982 bits per heavy atom. The Kier molecular flexibility index (Phi) is 14.6. The van der Waals surface area contributed by atoms with Crippen molar-refractivity contribution >= 4 is 32.7 Å². The average molecular weight is 817 g/mol. The van der Waals surface area contributed by atoms with Gasteiger partial charge in [0.25, 0.3) is 8.32 Å². The normalized spacial score (nSPS) is 21.5. The molecular formula is C46H64O9Si2. The molecular weight excluding hydrogens is 753 g/mol. The highest BCUT2D eigenvalue weighted by molar-refractivity contribution is 6.99. The number of esters is 1. The molecule has 9 nitrogen and oxygen atoms in total. The Labute approximate surface area is 342 Å². The molecule has 0 bridgehead atoms. The number of aliphatic hydroxyl groups is 1. The third-order valence-electron chi connectivity index (χ3n) is 10.8. The molecule has 0 radical (unpaired) electrons. The smallest absolute Gasteiger partial charge is 0.342 e. The first-order valence-corrected chi connectivity index (χ1v) is 25.8. The SMILES string of the molecule is COCOc1cc(OC)cc(C2CC2C[C@@H]2OC(C)(C)O[C@@H]2C(O)C#CC[C@H](C)O[Si](c2ccccc2)(c2ccccc2)C(C)(C)C)c1C(=O)OCC[Si](C)(C)C. The summed E-state index contributed by atoms with van der Waals surface area (Å²) in [5.41, 5.74) is 1.21. The molecule has 0 aromatic heterocycles. The summed E-state index contributed by atoms with van der Waals surface area (Å²) < 4.78 is 42.5. The fraction of sp³-hybridized carbons (Fsp3) is 0.543. The lowest BCUT2D eigenvalue weighted by Gasteiger charge is -2.44. The third-order valence-corrected chi connectivity index (χ3v) is 17.7. The van der Waals surface area contributed by atoms with Crippen LogP contribution in [0, 0.1) is 17.8 Å². The van der Waals surface area contributed by atoms with E-state index in [1.165, 1.54) is 17.5 Å². The lowest BCUT2D eigenvalue weighted by atomic mass is 9.97. The van der Waals surface area contributed by atoms with Crippen LogP contribution in [0.3, 0.4) is 0 Å². The van der Waals surface area contributed by atoms with Crippen LogP contribution in [0.5, 0.6) is 11.5 Å². The van der Waals surface area contributed by atoms with E-state index >= 15 is 0 Å². The molecule has 3 aromatic carbocycles. The minimum atomic E-state index is -2.76. The number of methoxy groups -OCH3 is 2. The quantitative estimate of drug-likeness (QED) is 0.0631. The molecule has 57 heavy (non-hydrogen) atoms. The predicted molar refractivity (Wildman–Crippen MR) is 230 cm³/mol. The molecule has 11 heteroatoms. The standard InChI is InChI=1S/C46H64O9Si2/c1-32(55-57(45(2,3)4,35-20-14-12-15-21-35)36-22-16-13-17-23-36)19-18-24-39(47)43-41(53-46(5,6)54-43)28-33-27-37(33)38-29-34(50-8)30-40(52-31-49-7)42(38)44(48)51-25-26-56(9,10)11/h12-17,20-23,29-30,32-33,37,39,41,43,47H,19,25-28,31H2,1-11H3/t32-,33?,37?,39?,41-,43+/m0/s1. The van der Waals surface area contributed by atoms with Crippen molar-refractivity contribution in [2.45, 2.75) is 128 Å². The maximum atomic E-state index is 13.7. The van der Waals surface area contributed by atoms with Gasteiger partial charge in [-0.05, 0) is 78.5 Å². The van der Waals surface area contributed by atoms with Crippen molar-refractivity contribution < 1.29 is 42.7 Å². The number of carbonyl (C=O) groups excluding carboxylic acids is 1. The molecule has 310 valence electrons. The van der Waals surface area contributed by atoms with Gasteiger partial charge in [-0.1, -0.05) is 113 Å². The summed E-state index contributed by atoms with van der Waals surface area (Å²) in [5.74, 6) is 6.16. The Balaban J connectivity index is 1.32. The van der Waals surface area contributed by atoms with E-state index in [2.05, 4.69) is 108 Å². The highest BCUT2D eigenvalue weighted by atomic mass is 28.4. The van der Waals surface area contributed by atoms with E-state index in [9.17, 15) is 9.90 Å². The zero-order valence-electron chi connectivity index (χ0n) is 35.8. The van der Waals surface area contributed by atoms with Crippen molar-refractivity contribution in [3.8, 4) is 23.3 Å². The molecule has 1 aliphatic heterocycles. The molecule has 1 saturated carbocycles. The number of benzene rings is 3. The van der Waals surface area contributed by atoms with Gasteiger partial charge in [0.05, 0.1) is 25.9 Å². The summed E-state index contributed by atoms with van der Waals surface area (Å²) in [6.07, 6.45) is -0.470. The summed E-state index contributed by atoms with van der Waals surface area (Å²) in [6.45, 7) is 19.6. The van der Waals surface area contributed by atoms with E-state index in [4.69, 9.17) is 32.8 Å². The van der Waals surface area contributed by atoms with Crippen molar-refractivity contribution in [3.05, 3.63) is 83.9 Å². The number of hydrogen-bond donors (Lipinski definition) is 1. The van der Waals surface area contributed by atoms with Crippen molar-refractivity contribution in [3.63, 3.8) is 0 Å². The van der Waals surface area contributed by atoms with Gasteiger partial charge in [0.15, 0.2) is 12.6 Å². The number of ether oxygens (including phenoxy) is 6. The highest BCUT2D eigenvalue weighted by Crippen LogP contribution is 2.54. The lowest BCUT2D eigenvalue weighted by molar-refractivity contribution is -0.152. The third kappa shape index (κ3) is 11.2. The monoisotopic (exact) mass is 816 g/mol. The predicted octanol–water partition coefficient (Wildman–Crippen LogP) is 7.91. The molecule has 6 atom stereocenters. The van der Waals surface area contributed by atoms with E-state index in [1.54, 1.807) is 13.2 Å². The Bertz CT molecular complexity index is 1800. The van der Waals surface area contributed by atoms with Crippen molar-refractivity contribution in [1.29, 1.82) is 0 Å². The molecule has 0 spiro atoms. The van der Waals surface area contributed by atoms with Gasteiger partial charge < -0.3 is 38.0 Å². The number of aliphatic hydroxyl groups excluding tert-OH is 1. The van der Waals surface area contributed by atoms with Crippen molar-refractivity contribution in [1.82, 2.24) is 0 Å². The van der Waals surface area contributed by atoms with E-state index < -0.39 is 46.5 Å². The summed E-state index contributed by atoms with van der Waals surface area (Å²) >= 11 is 0. The van der Waals surface area contributed by atoms with Gasteiger partial charge in [0.2, 0.25) is 0 Å². The van der Waals surface area contributed by atoms with E-state index in [-0.39, 0.29) is 29.8 Å². The summed E-state index contributed by atoms with van der Waals surface area (Å²) in [6, 6.07) is 25.6. The van der Waals surface area contributed by atoms with Crippen LogP contribution in [-0.2, 0) is 23.4 Å². The zero-order chi connectivity index (χ0) is 41.6. The Hall–Kier alpha value is -3.48. The van der Waals surface area contributed by atoms with Crippen LogP contribution in [0.1, 0.15) is 82.6 Å². The van der Waals surface area contributed by atoms with Gasteiger partial charge in [-0.3, -0.25) is 0 Å². The second-order valence-corrected chi connectivity index (χ2v) is 28.0. The van der Waals surface area contributed by atoms with Gasteiger partial charge in [0, 0.05) is 27.7 Å². The van der Waals surface area contributed by atoms with E-state index in [0.717, 1.165) is 18.0 Å². The van der Waals surface area contributed by atoms with Crippen LogP contribution in [0.25, 0.3) is 0 Å². The van der Waals surface area contributed by atoms with Crippen LogP contribution in [-0.4, -0.2) is 85.3 Å². The first kappa shape index (κ1) is 44.6. The molecule has 5 rings (SSSR count). The lowest BCUT2D eigenvalue weighted by Crippen LogP contribution is -2.67. The summed E-state index contributed by atoms with van der Waals surface area (Å²) in [5, 5.41) is 13.8. The zero-order valence-corrected chi connectivity index (χ0v) is 37.8. The summed E-state index contributed by atoms with van der Waals surface area (Å²) in [7, 11) is -1.05. The average Bonchev–Trinajstić information content (AvgIpc) is 3.85. The van der Waals surface area contributed by atoms with Gasteiger partial charge in [0.1, 0.15) is 29.3 Å². The molecule has 2 aliphatic rings. The largest absolute Gasteiger partial charge is 0.497 e. The Morgan fingerprint density at radius 3 is 2.18 bits per heavy atom. The van der Waals surface area contributed by atoms with Crippen LogP contribution >= 0.6 is 0 Å². The maximum absolute atomic E-state index is 13.7. The van der Waals surface area contributed by atoms with Crippen LogP contribution in [0.2, 0.25) is 30.7 Å². The van der Waals surface area contributed by atoms with Crippen LogP contribution in [0.4, 0.5) is 0 Å². The van der Waals surface area contributed by atoms with Gasteiger partial charge in [-0.15, -0.1) is 0 Å². The van der Waals surface area contributed by atoms with E-state index in [1.807, 2.05) is 32.0 Å². The fourth-order valence-corrected chi connectivity index (χ4v) is 13.3. The van der Waals surface area contributed by atoms with Crippen molar-refractivity contribution in [2.24, 2.45) is 5.92 Å². The van der Waals surface area contributed by atoms with Crippen LogP contribution in [0.15, 0.2) is 72.8 Å². The minimum Gasteiger partial charge on any atom is -0.497 e. The number of hydrogen-bond acceptors (Lipinski definition) is 9. The molecule has 1 N–H and O–H groups in total. The summed E-state index contributed by atoms with van der Waals surface area (Å²) in [4.78, 5) is 13.7. The number of carbonyl (C=O) groups is 1. The first-order valence-electron chi connectivity index (χ1n) is 20.2. The second-order valence-electron chi connectivity index (χ2n) is 18.1. The minimum absolute atomic E-state index is 0.0246. The van der Waals surface area contributed by atoms with Crippen molar-refractivity contribution in [2.75, 3.05) is 27.6 Å². The molecule has 1 heterocycles. The van der Waals surface area contributed by atoms with E-state index in [0.29, 0.717) is 36.5 Å². The molecule has 2 fully saturated rings. The molecule has 3 unspecified atom stereocenters. The molecule has 1 aliphatic carbocycles. The topological polar surface area (TPSA) is 102 Å². The van der Waals surface area contributed by atoms with Crippen LogP contribution < -0.4 is 19.8 Å². The fourth-order valence-electron chi connectivity index (χ4n) is 7.92. The highest BCUT2D eigenvalue weighted by Gasteiger charge is 2.52. The molecule has 3 aromatic rings. The van der Waals surface area contributed by atoms with Gasteiger partial charge in [-0.25, -0.2) is 4.79 Å². The second kappa shape index (κ2) is 18.6. The first-order chi connectivity index (χ1) is 26.9. The van der Waals surface area contributed by atoms with Gasteiger partial charge >= 0.3 is 5.97 Å². The number of rotatable bonds is 17. The maximum Gasteiger partial charge on any atom is 0.342 e. The molecule has 1 saturated heterocycles. The molecule has 0 amide bonds.